The van der Waals surface area contributed by atoms with Gasteiger partial charge in [-0.05, 0) is 48.5 Å². The third kappa shape index (κ3) is 14.0. The lowest BCUT2D eigenvalue weighted by molar-refractivity contribution is 0.397. The molecule has 4 aromatic carbocycles. The van der Waals surface area contributed by atoms with E-state index in [4.69, 9.17) is 37.9 Å². The molecule has 0 atom stereocenters. The second kappa shape index (κ2) is 26.6. The summed E-state index contributed by atoms with van der Waals surface area (Å²) in [5, 5.41) is 3.91. The van der Waals surface area contributed by atoms with Gasteiger partial charge in [0.15, 0.2) is 0 Å². The van der Waals surface area contributed by atoms with E-state index < -0.39 is 0 Å². The summed E-state index contributed by atoms with van der Waals surface area (Å²) in [5.74, 6) is 14.6. The molecule has 0 saturated carbocycles. The molecule has 0 unspecified atom stereocenters. The van der Waals surface area contributed by atoms with Crippen LogP contribution in [-0.4, -0.2) is 77.2 Å². The van der Waals surface area contributed by atoms with Crippen molar-refractivity contribution in [1.29, 1.82) is 0 Å². The van der Waals surface area contributed by atoms with Crippen LogP contribution in [0.15, 0.2) is 48.5 Å². The van der Waals surface area contributed by atoms with Gasteiger partial charge in [0.05, 0.1) is 56.9 Å². The Morgan fingerprint density at radius 1 is 0.233 bits per heavy atom. The molecule has 0 aliphatic carbocycles. The van der Waals surface area contributed by atoms with Gasteiger partial charge < -0.3 is 37.9 Å². The summed E-state index contributed by atoms with van der Waals surface area (Å²) in [4.78, 5) is 0. The minimum absolute atomic E-state index is 0.884. The number of methoxy groups -OCH3 is 8. The van der Waals surface area contributed by atoms with Gasteiger partial charge in [-0.1, -0.05) is 0 Å². The molecule has 328 valence electrons. The highest BCUT2D eigenvalue weighted by Crippen LogP contribution is 2.40. The third-order valence-corrected chi connectivity index (χ3v) is 18.9. The number of hydrogen-bond acceptors (Lipinski definition) is 16. The maximum Gasteiger partial charge on any atom is 0.123 e. The predicted octanol–water partition coefficient (Wildman–Crippen LogP) is 12.6. The van der Waals surface area contributed by atoms with E-state index >= 15 is 0 Å². The third-order valence-electron chi connectivity index (χ3n) is 9.46. The molecule has 0 aromatic heterocycles. The Labute approximate surface area is 391 Å². The SMILES string of the molecule is COc1cc2c(OC)cc1CSCSCc1cc(OC)c(cc1OC)CSCSC2.COc1cc2c(OC)cc1CSCSCc1cc(OC)c(cc1OC)CSCSC2. The van der Waals surface area contributed by atoms with Crippen molar-refractivity contribution >= 4 is 94.1 Å². The van der Waals surface area contributed by atoms with Gasteiger partial charge in [0.25, 0.3) is 0 Å². The molecule has 0 amide bonds. The van der Waals surface area contributed by atoms with Crippen molar-refractivity contribution in [2.75, 3.05) is 77.2 Å². The van der Waals surface area contributed by atoms with Crippen LogP contribution in [0, 0.1) is 0 Å². The Morgan fingerprint density at radius 2 is 0.350 bits per heavy atom. The topological polar surface area (TPSA) is 73.8 Å². The molecule has 8 heterocycles. The van der Waals surface area contributed by atoms with Crippen molar-refractivity contribution < 1.29 is 37.9 Å². The Morgan fingerprint density at radius 3 is 0.450 bits per heavy atom. The highest BCUT2D eigenvalue weighted by Gasteiger charge is 2.17. The van der Waals surface area contributed by atoms with Gasteiger partial charge in [-0.25, -0.2) is 0 Å². The first-order chi connectivity index (χ1) is 29.4. The predicted molar refractivity (Wildman–Crippen MR) is 268 cm³/mol. The Balaban J connectivity index is 0.000000228. The fraction of sp³-hybridized carbons (Fsp3) is 0.455. The first-order valence-corrected chi connectivity index (χ1v) is 28.2. The molecule has 0 radical (unpaired) electrons. The maximum atomic E-state index is 5.67. The van der Waals surface area contributed by atoms with Crippen LogP contribution in [0.2, 0.25) is 0 Å². The van der Waals surface area contributed by atoms with Crippen LogP contribution in [0.1, 0.15) is 44.5 Å². The van der Waals surface area contributed by atoms with Crippen molar-refractivity contribution in [3.8, 4) is 46.0 Å². The average molecular weight is 969 g/mol. The van der Waals surface area contributed by atoms with E-state index in [0.717, 1.165) is 112 Å². The van der Waals surface area contributed by atoms with E-state index in [1.807, 2.05) is 94.1 Å². The van der Waals surface area contributed by atoms with Crippen LogP contribution in [0.3, 0.4) is 0 Å². The van der Waals surface area contributed by atoms with Gasteiger partial charge >= 0.3 is 0 Å². The molecular formula is C44H56O8S8. The second-order valence-corrected chi connectivity index (χ2v) is 22.5. The van der Waals surface area contributed by atoms with E-state index in [-0.39, 0.29) is 0 Å². The molecule has 0 fully saturated rings. The lowest BCUT2D eigenvalue weighted by Gasteiger charge is -2.16. The van der Waals surface area contributed by atoms with E-state index in [9.17, 15) is 0 Å². The van der Waals surface area contributed by atoms with Gasteiger partial charge in [0.1, 0.15) is 46.0 Å². The molecule has 8 aliphatic heterocycles. The fourth-order valence-corrected chi connectivity index (χ4v) is 14.6. The van der Waals surface area contributed by atoms with Gasteiger partial charge in [-0.15, -0.1) is 94.1 Å². The second-order valence-electron chi connectivity index (χ2n) is 13.2. The minimum atomic E-state index is 0.884. The van der Waals surface area contributed by atoms with Gasteiger partial charge in [-0.3, -0.25) is 0 Å². The summed E-state index contributed by atoms with van der Waals surface area (Å²) in [6.07, 6.45) is 0. The molecule has 60 heavy (non-hydrogen) atoms. The number of thioether (sulfide) groups is 8. The van der Waals surface area contributed by atoms with E-state index in [2.05, 4.69) is 48.5 Å². The highest BCUT2D eigenvalue weighted by atomic mass is 32.2. The summed E-state index contributed by atoms with van der Waals surface area (Å²) < 4.78 is 45.3. The van der Waals surface area contributed by atoms with E-state index in [1.165, 1.54) is 44.5 Å². The van der Waals surface area contributed by atoms with Crippen molar-refractivity contribution in [2.24, 2.45) is 0 Å². The van der Waals surface area contributed by atoms with E-state index in [0.29, 0.717) is 0 Å². The first-order valence-electron chi connectivity index (χ1n) is 19.0. The van der Waals surface area contributed by atoms with Crippen molar-refractivity contribution in [3.63, 3.8) is 0 Å². The number of hydrogen-bond donors (Lipinski definition) is 0. The van der Waals surface area contributed by atoms with Crippen LogP contribution in [0.5, 0.6) is 46.0 Å². The van der Waals surface area contributed by atoms with Crippen LogP contribution < -0.4 is 37.9 Å². The van der Waals surface area contributed by atoms with Crippen molar-refractivity contribution in [3.05, 3.63) is 93.0 Å². The van der Waals surface area contributed by atoms with Crippen LogP contribution in [0.25, 0.3) is 0 Å². The summed E-state index contributed by atoms with van der Waals surface area (Å²) in [5.41, 5.74) is 9.39. The molecule has 4 aromatic rings. The lowest BCUT2D eigenvalue weighted by Crippen LogP contribution is -1.99. The molecule has 0 spiro atoms. The normalized spacial score (nSPS) is 15.3. The van der Waals surface area contributed by atoms with Crippen molar-refractivity contribution in [2.45, 2.75) is 46.0 Å². The van der Waals surface area contributed by atoms with Crippen LogP contribution in [-0.2, 0) is 46.0 Å². The number of rotatable bonds is 8. The molecule has 16 heteroatoms. The zero-order valence-corrected chi connectivity index (χ0v) is 42.2. The van der Waals surface area contributed by atoms with Crippen LogP contribution in [0.4, 0.5) is 0 Å². The number of benzene rings is 4. The first kappa shape index (κ1) is 49.1. The molecular weight excluding hydrogens is 913 g/mol. The zero-order valence-electron chi connectivity index (χ0n) is 35.6. The smallest absolute Gasteiger partial charge is 0.123 e. The fourth-order valence-electron chi connectivity index (χ4n) is 6.45. The summed E-state index contributed by atoms with van der Waals surface area (Å²) in [6, 6.07) is 17.1. The summed E-state index contributed by atoms with van der Waals surface area (Å²) >= 11 is 15.1. The maximum absolute atomic E-state index is 5.67. The largest absolute Gasteiger partial charge is 0.496 e. The van der Waals surface area contributed by atoms with Gasteiger partial charge in [0, 0.05) is 111 Å². The standard InChI is InChI=1S/2C22H28O4S4/c2*1-23-19-5-16-10-28-14-30-12-18-8-21(25-3)17(7-22(18)26-4)11-29-13-27-9-15(19)6-20(16)24-2/h2*5-8H,9-14H2,1-4H3. The Kier molecular flexibility index (Phi) is 21.8. The van der Waals surface area contributed by atoms with E-state index in [1.54, 1.807) is 56.9 Å². The average Bonchev–Trinajstić information content (AvgIpc) is 3.28. The van der Waals surface area contributed by atoms with Gasteiger partial charge in [-0.2, -0.15) is 0 Å². The molecule has 0 saturated heterocycles. The quantitative estimate of drug-likeness (QED) is 0.168. The Bertz CT molecular complexity index is 1550. The Hall–Kier alpha value is -1.92. The zero-order chi connectivity index (χ0) is 42.7. The lowest BCUT2D eigenvalue weighted by atomic mass is 10.1. The van der Waals surface area contributed by atoms with Crippen LogP contribution >= 0.6 is 94.1 Å². The molecule has 8 aliphatic rings. The molecule has 8 nitrogen and oxygen atoms in total. The molecule has 8 bridgehead atoms. The molecule has 0 N–H and O–H groups in total. The van der Waals surface area contributed by atoms with Gasteiger partial charge in [0.2, 0.25) is 0 Å². The summed E-state index contributed by atoms with van der Waals surface area (Å²) in [7, 11) is 13.9. The highest BCUT2D eigenvalue weighted by molar-refractivity contribution is 8.16. The van der Waals surface area contributed by atoms with Crippen molar-refractivity contribution in [1.82, 2.24) is 0 Å². The molecule has 12 rings (SSSR count). The summed E-state index contributed by atoms with van der Waals surface area (Å²) in [6.45, 7) is 0. The minimum Gasteiger partial charge on any atom is -0.496 e. The number of ether oxygens (including phenoxy) is 8. The monoisotopic (exact) mass is 968 g/mol.